The average molecular weight is 227 g/mol. The van der Waals surface area contributed by atoms with Gasteiger partial charge >= 0.3 is 0 Å². The fourth-order valence-electron chi connectivity index (χ4n) is 2.88. The van der Waals surface area contributed by atoms with E-state index >= 15 is 0 Å². The van der Waals surface area contributed by atoms with Crippen molar-refractivity contribution in [2.45, 2.75) is 71.4 Å². The summed E-state index contributed by atoms with van der Waals surface area (Å²) in [7, 11) is 0. The molecule has 1 aliphatic rings. The lowest BCUT2D eigenvalue weighted by Gasteiger charge is -2.30. The first-order valence-electron chi connectivity index (χ1n) is 7.03. The minimum absolute atomic E-state index is 0.161. The van der Waals surface area contributed by atoms with E-state index in [1.54, 1.807) is 0 Å². The van der Waals surface area contributed by atoms with Crippen LogP contribution in [0.3, 0.4) is 0 Å². The van der Waals surface area contributed by atoms with Crippen molar-refractivity contribution in [3.8, 4) is 0 Å². The molecular formula is C14H29NO. The summed E-state index contributed by atoms with van der Waals surface area (Å²) in [5.41, 5.74) is 0. The molecule has 2 heteroatoms. The molecule has 0 aliphatic heterocycles. The molecule has 96 valence electrons. The lowest BCUT2D eigenvalue weighted by Crippen LogP contribution is -2.37. The Hall–Kier alpha value is -0.0800. The number of nitrogens with one attached hydrogen (secondary N) is 1. The summed E-state index contributed by atoms with van der Waals surface area (Å²) < 4.78 is 0. The Labute approximate surface area is 101 Å². The highest BCUT2D eigenvalue weighted by Gasteiger charge is 2.20. The first-order valence-corrected chi connectivity index (χ1v) is 7.03. The Morgan fingerprint density at radius 2 is 2.06 bits per heavy atom. The average Bonchev–Trinajstić information content (AvgIpc) is 2.26. The SMILES string of the molecule is CCC1CCCC(NCC(C)CC(C)O)C1. The summed E-state index contributed by atoms with van der Waals surface area (Å²) in [6, 6.07) is 0.732. The molecule has 2 N–H and O–H groups in total. The number of aliphatic hydroxyl groups is 1. The van der Waals surface area contributed by atoms with Crippen molar-refractivity contribution in [2.75, 3.05) is 6.54 Å². The molecular weight excluding hydrogens is 198 g/mol. The first-order chi connectivity index (χ1) is 7.61. The molecule has 0 aromatic heterocycles. The second-order valence-electron chi connectivity index (χ2n) is 5.74. The third-order valence-corrected chi connectivity index (χ3v) is 3.86. The number of hydrogen-bond donors (Lipinski definition) is 2. The van der Waals surface area contributed by atoms with Crippen LogP contribution in [0.4, 0.5) is 0 Å². The first kappa shape index (κ1) is 14.0. The Kier molecular flexibility index (Phi) is 6.37. The minimum Gasteiger partial charge on any atom is -0.393 e. The van der Waals surface area contributed by atoms with Gasteiger partial charge in [0.15, 0.2) is 0 Å². The maximum Gasteiger partial charge on any atom is 0.0515 e. The van der Waals surface area contributed by atoms with Crippen molar-refractivity contribution >= 4 is 0 Å². The van der Waals surface area contributed by atoms with E-state index in [1.807, 2.05) is 6.92 Å². The molecule has 1 saturated carbocycles. The van der Waals surface area contributed by atoms with Crippen LogP contribution in [-0.4, -0.2) is 23.8 Å². The highest BCUT2D eigenvalue weighted by atomic mass is 16.3. The molecule has 0 heterocycles. The normalized spacial score (nSPS) is 30.0. The van der Waals surface area contributed by atoms with Crippen LogP contribution in [0.1, 0.15) is 59.3 Å². The molecule has 4 atom stereocenters. The van der Waals surface area contributed by atoms with E-state index in [2.05, 4.69) is 19.2 Å². The Bertz CT molecular complexity index is 182. The third kappa shape index (κ3) is 5.31. The molecule has 0 radical (unpaired) electrons. The van der Waals surface area contributed by atoms with Gasteiger partial charge in [0.2, 0.25) is 0 Å². The van der Waals surface area contributed by atoms with Crippen LogP contribution in [0.2, 0.25) is 0 Å². The molecule has 0 spiro atoms. The quantitative estimate of drug-likeness (QED) is 0.731. The summed E-state index contributed by atoms with van der Waals surface area (Å²) in [6.07, 6.45) is 7.61. The summed E-state index contributed by atoms with van der Waals surface area (Å²) in [4.78, 5) is 0. The predicted molar refractivity (Wildman–Crippen MR) is 69.5 cm³/mol. The van der Waals surface area contributed by atoms with Gasteiger partial charge in [0.05, 0.1) is 6.10 Å². The second-order valence-corrected chi connectivity index (χ2v) is 5.74. The predicted octanol–water partition coefficient (Wildman–Crippen LogP) is 2.95. The van der Waals surface area contributed by atoms with Crippen LogP contribution in [0, 0.1) is 11.8 Å². The number of hydrogen-bond acceptors (Lipinski definition) is 2. The number of rotatable bonds is 6. The van der Waals surface area contributed by atoms with Gasteiger partial charge in [-0.15, -0.1) is 0 Å². The van der Waals surface area contributed by atoms with Gasteiger partial charge in [-0.3, -0.25) is 0 Å². The van der Waals surface area contributed by atoms with Crippen molar-refractivity contribution in [1.29, 1.82) is 0 Å². The molecule has 0 saturated heterocycles. The molecule has 1 fully saturated rings. The van der Waals surface area contributed by atoms with Gasteiger partial charge in [0.25, 0.3) is 0 Å². The van der Waals surface area contributed by atoms with Gasteiger partial charge < -0.3 is 10.4 Å². The summed E-state index contributed by atoms with van der Waals surface area (Å²) in [6.45, 7) is 7.47. The Morgan fingerprint density at radius 1 is 1.31 bits per heavy atom. The van der Waals surface area contributed by atoms with Crippen LogP contribution in [0.25, 0.3) is 0 Å². The van der Waals surface area contributed by atoms with Gasteiger partial charge in [-0.2, -0.15) is 0 Å². The molecule has 4 unspecified atom stereocenters. The van der Waals surface area contributed by atoms with Crippen molar-refractivity contribution in [2.24, 2.45) is 11.8 Å². The van der Waals surface area contributed by atoms with Crippen molar-refractivity contribution in [3.05, 3.63) is 0 Å². The third-order valence-electron chi connectivity index (χ3n) is 3.86. The van der Waals surface area contributed by atoms with E-state index in [0.717, 1.165) is 24.9 Å². The van der Waals surface area contributed by atoms with E-state index in [-0.39, 0.29) is 6.10 Å². The fraction of sp³-hybridized carbons (Fsp3) is 1.00. The van der Waals surface area contributed by atoms with Crippen LogP contribution in [-0.2, 0) is 0 Å². The molecule has 16 heavy (non-hydrogen) atoms. The van der Waals surface area contributed by atoms with E-state index < -0.39 is 0 Å². The van der Waals surface area contributed by atoms with Crippen molar-refractivity contribution in [1.82, 2.24) is 5.32 Å². The highest BCUT2D eigenvalue weighted by Crippen LogP contribution is 2.26. The molecule has 0 aromatic rings. The zero-order valence-electron chi connectivity index (χ0n) is 11.2. The Morgan fingerprint density at radius 3 is 2.69 bits per heavy atom. The molecule has 0 amide bonds. The van der Waals surface area contributed by atoms with Crippen molar-refractivity contribution in [3.63, 3.8) is 0 Å². The monoisotopic (exact) mass is 227 g/mol. The molecule has 1 rings (SSSR count). The standard InChI is InChI=1S/C14H29NO/c1-4-13-6-5-7-14(9-13)15-10-11(2)8-12(3)16/h11-16H,4-10H2,1-3H3. The van der Waals surface area contributed by atoms with Gasteiger partial charge in [0, 0.05) is 6.04 Å². The van der Waals surface area contributed by atoms with Gasteiger partial charge in [-0.05, 0) is 44.6 Å². The minimum atomic E-state index is -0.161. The van der Waals surface area contributed by atoms with Crippen LogP contribution >= 0.6 is 0 Å². The maximum atomic E-state index is 9.31. The highest BCUT2D eigenvalue weighted by molar-refractivity contribution is 4.78. The second kappa shape index (κ2) is 7.29. The van der Waals surface area contributed by atoms with E-state index in [1.165, 1.54) is 32.1 Å². The fourth-order valence-corrected chi connectivity index (χ4v) is 2.88. The number of aliphatic hydroxyl groups excluding tert-OH is 1. The topological polar surface area (TPSA) is 32.3 Å². The molecule has 2 nitrogen and oxygen atoms in total. The Balaban J connectivity index is 2.16. The van der Waals surface area contributed by atoms with Gasteiger partial charge in [-0.1, -0.05) is 33.1 Å². The van der Waals surface area contributed by atoms with Crippen LogP contribution in [0.5, 0.6) is 0 Å². The van der Waals surface area contributed by atoms with E-state index in [0.29, 0.717) is 5.92 Å². The van der Waals surface area contributed by atoms with E-state index in [4.69, 9.17) is 0 Å². The maximum absolute atomic E-state index is 9.31. The molecule has 0 bridgehead atoms. The lowest BCUT2D eigenvalue weighted by atomic mass is 9.84. The summed E-state index contributed by atoms with van der Waals surface area (Å²) in [5, 5.41) is 13.0. The van der Waals surface area contributed by atoms with Gasteiger partial charge in [0.1, 0.15) is 0 Å². The lowest BCUT2D eigenvalue weighted by molar-refractivity contribution is 0.160. The van der Waals surface area contributed by atoms with Crippen LogP contribution in [0.15, 0.2) is 0 Å². The van der Waals surface area contributed by atoms with E-state index in [9.17, 15) is 5.11 Å². The van der Waals surface area contributed by atoms with Crippen LogP contribution < -0.4 is 5.32 Å². The summed E-state index contributed by atoms with van der Waals surface area (Å²) >= 11 is 0. The largest absolute Gasteiger partial charge is 0.393 e. The van der Waals surface area contributed by atoms with Crippen molar-refractivity contribution < 1.29 is 5.11 Å². The molecule has 0 aromatic carbocycles. The summed E-state index contributed by atoms with van der Waals surface area (Å²) in [5.74, 6) is 1.53. The molecule has 1 aliphatic carbocycles. The van der Waals surface area contributed by atoms with Gasteiger partial charge in [-0.25, -0.2) is 0 Å². The smallest absolute Gasteiger partial charge is 0.0515 e. The zero-order valence-corrected chi connectivity index (χ0v) is 11.2. The zero-order chi connectivity index (χ0) is 12.0.